The molecule has 1 fully saturated rings. The number of amidine groups is 1. The maximum atomic E-state index is 11.7. The highest BCUT2D eigenvalue weighted by molar-refractivity contribution is 7.91. The molecule has 0 aliphatic carbocycles. The van der Waals surface area contributed by atoms with Crippen LogP contribution >= 0.6 is 0 Å². The maximum absolute atomic E-state index is 11.7. The fourth-order valence-corrected chi connectivity index (χ4v) is 4.50. The summed E-state index contributed by atoms with van der Waals surface area (Å²) in [5.74, 6) is 0.520. The van der Waals surface area contributed by atoms with Crippen LogP contribution in [0.25, 0.3) is 0 Å². The average molecular weight is 410 g/mol. The first-order valence-electron chi connectivity index (χ1n) is 9.08. The molecule has 1 aromatic rings. The molecule has 3 rings (SSSR count). The fourth-order valence-electron chi connectivity index (χ4n) is 3.65. The normalized spacial score (nSPS) is 24.0. The van der Waals surface area contributed by atoms with Crippen molar-refractivity contribution in [1.29, 1.82) is 0 Å². The fraction of sp³-hybridized carbons (Fsp3) is 0.556. The van der Waals surface area contributed by atoms with Gasteiger partial charge in [-0.2, -0.15) is 8.42 Å². The van der Waals surface area contributed by atoms with Gasteiger partial charge in [-0.1, -0.05) is 26.8 Å². The van der Waals surface area contributed by atoms with Gasteiger partial charge in [-0.15, -0.1) is 4.40 Å². The van der Waals surface area contributed by atoms with Gasteiger partial charge < -0.3 is 20.5 Å². The number of hydrogen-bond donors (Lipinski definition) is 3. The number of carboxylic acid groups (broad SMARTS) is 1. The Morgan fingerprint density at radius 2 is 2.11 bits per heavy atom. The SMILES string of the molecule is CC(C)(C)C1CC(COc2cccc3c2C(N)=NS(=O)(=O)N3)CN(C(=O)O)C1. The Kier molecular flexibility index (Phi) is 5.18. The summed E-state index contributed by atoms with van der Waals surface area (Å²) < 4.78 is 35.1. The lowest BCUT2D eigenvalue weighted by molar-refractivity contribution is 0.0444. The largest absolute Gasteiger partial charge is 0.492 e. The molecule has 1 saturated heterocycles. The summed E-state index contributed by atoms with van der Waals surface area (Å²) in [7, 11) is -3.85. The minimum Gasteiger partial charge on any atom is -0.492 e. The molecule has 154 valence electrons. The van der Waals surface area contributed by atoms with E-state index >= 15 is 0 Å². The molecule has 0 aromatic heterocycles. The number of hydrogen-bond acceptors (Lipinski definition) is 5. The Bertz CT molecular complexity index is 907. The van der Waals surface area contributed by atoms with Gasteiger partial charge in [0.2, 0.25) is 0 Å². The number of carbonyl (C=O) groups is 1. The molecular weight excluding hydrogens is 384 g/mol. The first-order valence-corrected chi connectivity index (χ1v) is 10.5. The molecular formula is C18H26N4O5S. The number of nitrogens with zero attached hydrogens (tertiary/aromatic N) is 2. The predicted molar refractivity (Wildman–Crippen MR) is 106 cm³/mol. The molecule has 0 spiro atoms. The third-order valence-corrected chi connectivity index (χ3v) is 6.16. The summed E-state index contributed by atoms with van der Waals surface area (Å²) in [5, 5.41) is 9.45. The molecule has 9 nitrogen and oxygen atoms in total. The van der Waals surface area contributed by atoms with Crippen molar-refractivity contribution in [1.82, 2.24) is 4.90 Å². The molecule has 0 bridgehead atoms. The molecule has 2 unspecified atom stereocenters. The van der Waals surface area contributed by atoms with Crippen molar-refractivity contribution in [2.45, 2.75) is 27.2 Å². The Morgan fingerprint density at radius 3 is 2.75 bits per heavy atom. The minimum atomic E-state index is -3.85. The zero-order valence-corrected chi connectivity index (χ0v) is 17.0. The van der Waals surface area contributed by atoms with Gasteiger partial charge in [0.25, 0.3) is 0 Å². The van der Waals surface area contributed by atoms with E-state index in [0.29, 0.717) is 36.7 Å². The van der Waals surface area contributed by atoms with Gasteiger partial charge >= 0.3 is 16.3 Å². The lowest BCUT2D eigenvalue weighted by Crippen LogP contribution is -2.48. The number of fused-ring (bicyclic) bond motifs is 1. The second kappa shape index (κ2) is 7.16. The van der Waals surface area contributed by atoms with Crippen LogP contribution in [-0.2, 0) is 10.2 Å². The quantitative estimate of drug-likeness (QED) is 0.698. The first kappa shape index (κ1) is 20.2. The number of benzene rings is 1. The van der Waals surface area contributed by atoms with Crippen molar-refractivity contribution >= 4 is 27.8 Å². The molecule has 0 saturated carbocycles. The predicted octanol–water partition coefficient (Wildman–Crippen LogP) is 2.10. The molecule has 28 heavy (non-hydrogen) atoms. The van der Waals surface area contributed by atoms with Crippen LogP contribution in [0.1, 0.15) is 32.8 Å². The summed E-state index contributed by atoms with van der Waals surface area (Å²) >= 11 is 0. The second-order valence-electron chi connectivity index (χ2n) is 8.40. The zero-order valence-electron chi connectivity index (χ0n) is 16.2. The molecule has 0 radical (unpaired) electrons. The van der Waals surface area contributed by atoms with Crippen LogP contribution in [0.2, 0.25) is 0 Å². The number of nitrogens with two attached hydrogens (primary N) is 1. The van der Waals surface area contributed by atoms with Crippen LogP contribution < -0.4 is 15.2 Å². The van der Waals surface area contributed by atoms with E-state index in [1.807, 2.05) is 0 Å². The zero-order chi connectivity index (χ0) is 20.7. The monoisotopic (exact) mass is 410 g/mol. The average Bonchev–Trinajstić information content (AvgIpc) is 2.57. The molecule has 2 aliphatic heterocycles. The molecule has 2 heterocycles. The topological polar surface area (TPSA) is 134 Å². The van der Waals surface area contributed by atoms with Gasteiger partial charge in [-0.25, -0.2) is 4.79 Å². The van der Waals surface area contributed by atoms with Crippen molar-refractivity contribution in [2.75, 3.05) is 24.4 Å². The maximum Gasteiger partial charge on any atom is 0.407 e. The number of amides is 1. The van der Waals surface area contributed by atoms with E-state index in [2.05, 4.69) is 29.9 Å². The van der Waals surface area contributed by atoms with Crippen LogP contribution in [0.15, 0.2) is 22.6 Å². The molecule has 10 heteroatoms. The van der Waals surface area contributed by atoms with E-state index in [1.54, 1.807) is 18.2 Å². The Labute approximate surface area is 164 Å². The van der Waals surface area contributed by atoms with Crippen LogP contribution in [0, 0.1) is 17.3 Å². The van der Waals surface area contributed by atoms with E-state index in [-0.39, 0.29) is 23.1 Å². The highest BCUT2D eigenvalue weighted by Crippen LogP contribution is 2.36. The van der Waals surface area contributed by atoms with Crippen LogP contribution in [0.3, 0.4) is 0 Å². The smallest absolute Gasteiger partial charge is 0.407 e. The molecule has 2 aliphatic rings. The molecule has 4 N–H and O–H groups in total. The van der Waals surface area contributed by atoms with Crippen molar-refractivity contribution in [3.63, 3.8) is 0 Å². The summed E-state index contributed by atoms with van der Waals surface area (Å²) in [6, 6.07) is 4.95. The summed E-state index contributed by atoms with van der Waals surface area (Å²) in [6.07, 6.45) is -0.0831. The summed E-state index contributed by atoms with van der Waals surface area (Å²) in [4.78, 5) is 13.0. The lowest BCUT2D eigenvalue weighted by Gasteiger charge is -2.42. The van der Waals surface area contributed by atoms with Crippen LogP contribution in [0.5, 0.6) is 5.75 Å². The number of likely N-dealkylation sites (tertiary alicyclic amines) is 1. The van der Waals surface area contributed by atoms with E-state index in [9.17, 15) is 18.3 Å². The van der Waals surface area contributed by atoms with Crippen molar-refractivity contribution in [3.8, 4) is 5.75 Å². The number of ether oxygens (including phenoxy) is 1. The van der Waals surface area contributed by atoms with Gasteiger partial charge in [0, 0.05) is 19.0 Å². The summed E-state index contributed by atoms with van der Waals surface area (Å²) in [5.41, 5.74) is 6.53. The third kappa shape index (κ3) is 4.32. The van der Waals surface area contributed by atoms with Gasteiger partial charge in [-0.3, -0.25) is 4.72 Å². The van der Waals surface area contributed by atoms with Crippen LogP contribution in [0.4, 0.5) is 10.5 Å². The van der Waals surface area contributed by atoms with Gasteiger partial charge in [-0.05, 0) is 29.9 Å². The lowest BCUT2D eigenvalue weighted by atomic mass is 9.73. The standard InChI is InChI=1S/C18H26N4O5S/c1-18(2,3)12-7-11(8-22(9-12)17(23)24)10-27-14-6-4-5-13-15(14)16(19)21-28(25,26)20-13/h4-6,11-12,20H,7-10H2,1-3H3,(H2,19,21)(H,23,24). The molecule has 2 atom stereocenters. The number of rotatable bonds is 3. The van der Waals surface area contributed by atoms with Crippen molar-refractivity contribution < 1.29 is 23.1 Å². The Hall–Kier alpha value is -2.49. The van der Waals surface area contributed by atoms with E-state index in [1.165, 1.54) is 4.90 Å². The van der Waals surface area contributed by atoms with Crippen molar-refractivity contribution in [3.05, 3.63) is 23.8 Å². The minimum absolute atomic E-state index is 0.0170. The van der Waals surface area contributed by atoms with E-state index in [0.717, 1.165) is 6.42 Å². The highest BCUT2D eigenvalue weighted by atomic mass is 32.2. The van der Waals surface area contributed by atoms with E-state index in [4.69, 9.17) is 10.5 Å². The Balaban J connectivity index is 1.78. The van der Waals surface area contributed by atoms with Gasteiger partial charge in [0.15, 0.2) is 5.84 Å². The number of nitrogens with one attached hydrogen (secondary N) is 1. The van der Waals surface area contributed by atoms with Crippen molar-refractivity contribution in [2.24, 2.45) is 27.4 Å². The number of piperidine rings is 1. The highest BCUT2D eigenvalue weighted by Gasteiger charge is 2.36. The first-order chi connectivity index (χ1) is 13.0. The van der Waals surface area contributed by atoms with Crippen LogP contribution in [-0.4, -0.2) is 50.0 Å². The number of anilines is 1. The van der Waals surface area contributed by atoms with E-state index < -0.39 is 16.3 Å². The molecule has 1 amide bonds. The van der Waals surface area contributed by atoms with Gasteiger partial charge in [0.05, 0.1) is 17.9 Å². The van der Waals surface area contributed by atoms with Gasteiger partial charge in [0.1, 0.15) is 5.75 Å². The Morgan fingerprint density at radius 1 is 1.39 bits per heavy atom. The molecule has 1 aromatic carbocycles. The third-order valence-electron chi connectivity index (χ3n) is 5.25. The summed E-state index contributed by atoms with van der Waals surface area (Å²) in [6.45, 7) is 7.53. The second-order valence-corrected chi connectivity index (χ2v) is 9.73.